The predicted molar refractivity (Wildman–Crippen MR) is 120 cm³/mol. The Kier molecular flexibility index (Phi) is 5.56. The molecular weight excluding hydrogens is 416 g/mol. The third kappa shape index (κ3) is 4.13. The van der Waals surface area contributed by atoms with Crippen LogP contribution in [0.15, 0.2) is 24.4 Å². The summed E-state index contributed by atoms with van der Waals surface area (Å²) in [6.45, 7) is 4.87. The first-order valence-electron chi connectivity index (χ1n) is 10.7. The van der Waals surface area contributed by atoms with Crippen LogP contribution < -0.4 is 5.32 Å². The van der Waals surface area contributed by atoms with Crippen LogP contribution in [-0.2, 0) is 11.8 Å². The number of ether oxygens (including phenoxy) is 1. The van der Waals surface area contributed by atoms with Gasteiger partial charge in [-0.1, -0.05) is 11.6 Å². The van der Waals surface area contributed by atoms with Crippen molar-refractivity contribution in [3.63, 3.8) is 0 Å². The van der Waals surface area contributed by atoms with Crippen LogP contribution in [0.4, 0.5) is 11.8 Å². The first-order chi connectivity index (χ1) is 15.0. The lowest BCUT2D eigenvalue weighted by atomic mass is 9.88. The standard InChI is InChI=1S/C22H27ClN6O2/c1-13-7-21(28(2)27-13)26-22-24-10-15-8-17(23)16(9-18(15)25-22)14-3-5-29(6-4-14)19-11-31-12-20(19)30/h7-10,14,19-20,30H,3-6,11-12H2,1-2H3,(H,24,25,26)/t19-,20+/m0/s1. The first-order valence-corrected chi connectivity index (χ1v) is 11.1. The van der Waals surface area contributed by atoms with Crippen molar-refractivity contribution in [2.75, 3.05) is 31.6 Å². The van der Waals surface area contributed by atoms with Crippen molar-refractivity contribution in [3.8, 4) is 0 Å². The average Bonchev–Trinajstić information content (AvgIpc) is 3.32. The molecule has 31 heavy (non-hydrogen) atoms. The second-order valence-electron chi connectivity index (χ2n) is 8.53. The van der Waals surface area contributed by atoms with Crippen LogP contribution in [0.25, 0.3) is 10.9 Å². The molecule has 0 saturated carbocycles. The van der Waals surface area contributed by atoms with E-state index in [-0.39, 0.29) is 12.1 Å². The fourth-order valence-corrected chi connectivity index (χ4v) is 5.03. The minimum absolute atomic E-state index is 0.116. The van der Waals surface area contributed by atoms with Gasteiger partial charge in [0.1, 0.15) is 5.82 Å². The molecule has 1 aromatic carbocycles. The number of nitrogens with zero attached hydrogens (tertiary/aromatic N) is 5. The minimum atomic E-state index is -0.383. The van der Waals surface area contributed by atoms with Crippen molar-refractivity contribution in [1.82, 2.24) is 24.6 Å². The lowest BCUT2D eigenvalue weighted by Crippen LogP contribution is -2.46. The molecular formula is C22H27ClN6O2. The van der Waals surface area contributed by atoms with Crippen LogP contribution in [0.5, 0.6) is 0 Å². The molecule has 2 saturated heterocycles. The number of rotatable bonds is 4. The van der Waals surface area contributed by atoms with Crippen molar-refractivity contribution < 1.29 is 9.84 Å². The molecule has 2 aromatic heterocycles. The summed E-state index contributed by atoms with van der Waals surface area (Å²) in [6.07, 6.45) is 3.41. The Balaban J connectivity index is 1.35. The summed E-state index contributed by atoms with van der Waals surface area (Å²) in [5, 5.41) is 19.4. The second-order valence-corrected chi connectivity index (χ2v) is 8.94. The van der Waals surface area contributed by atoms with Gasteiger partial charge in [0.05, 0.1) is 36.6 Å². The number of anilines is 2. The topological polar surface area (TPSA) is 88.3 Å². The summed E-state index contributed by atoms with van der Waals surface area (Å²) in [5.41, 5.74) is 2.94. The van der Waals surface area contributed by atoms with Crippen molar-refractivity contribution in [2.45, 2.75) is 37.8 Å². The van der Waals surface area contributed by atoms with Gasteiger partial charge in [-0.25, -0.2) is 9.97 Å². The summed E-state index contributed by atoms with van der Waals surface area (Å²) in [6, 6.07) is 6.14. The third-order valence-corrected chi connectivity index (χ3v) is 6.73. The zero-order valence-electron chi connectivity index (χ0n) is 17.8. The van der Waals surface area contributed by atoms with Gasteiger partial charge in [0, 0.05) is 29.7 Å². The number of aliphatic hydroxyl groups is 1. The number of likely N-dealkylation sites (tertiary alicyclic amines) is 1. The highest BCUT2D eigenvalue weighted by Gasteiger charge is 2.34. The smallest absolute Gasteiger partial charge is 0.228 e. The molecule has 8 nitrogen and oxygen atoms in total. The van der Waals surface area contributed by atoms with E-state index < -0.39 is 0 Å². The van der Waals surface area contributed by atoms with Gasteiger partial charge < -0.3 is 15.2 Å². The highest BCUT2D eigenvalue weighted by molar-refractivity contribution is 6.32. The fraction of sp³-hybridized carbons (Fsp3) is 0.500. The van der Waals surface area contributed by atoms with Crippen LogP contribution in [0.2, 0.25) is 5.02 Å². The van der Waals surface area contributed by atoms with Crippen LogP contribution >= 0.6 is 11.6 Å². The maximum atomic E-state index is 10.1. The van der Waals surface area contributed by atoms with Crippen molar-refractivity contribution in [1.29, 1.82) is 0 Å². The van der Waals surface area contributed by atoms with Gasteiger partial charge in [-0.3, -0.25) is 9.58 Å². The molecule has 0 aliphatic carbocycles. The normalized spacial score (nSPS) is 23.0. The van der Waals surface area contributed by atoms with E-state index in [1.165, 1.54) is 0 Å². The van der Waals surface area contributed by atoms with E-state index in [1.54, 1.807) is 10.9 Å². The van der Waals surface area contributed by atoms with Crippen molar-refractivity contribution in [3.05, 3.63) is 40.7 Å². The van der Waals surface area contributed by atoms with Crippen LogP contribution in [0.3, 0.4) is 0 Å². The van der Waals surface area contributed by atoms with E-state index >= 15 is 0 Å². The third-order valence-electron chi connectivity index (χ3n) is 6.40. The Labute approximate surface area is 186 Å². The van der Waals surface area contributed by atoms with Crippen LogP contribution in [0.1, 0.15) is 30.0 Å². The van der Waals surface area contributed by atoms with E-state index in [4.69, 9.17) is 21.3 Å². The first kappa shape index (κ1) is 20.6. The Morgan fingerprint density at radius 1 is 1.19 bits per heavy atom. The lowest BCUT2D eigenvalue weighted by molar-refractivity contribution is 0.0663. The summed E-state index contributed by atoms with van der Waals surface area (Å²) in [4.78, 5) is 11.5. The van der Waals surface area contributed by atoms with E-state index in [1.807, 2.05) is 26.1 Å². The molecule has 0 spiro atoms. The molecule has 2 aliphatic rings. The molecule has 9 heteroatoms. The zero-order valence-corrected chi connectivity index (χ0v) is 18.5. The number of aryl methyl sites for hydroxylation is 2. The van der Waals surface area contributed by atoms with Gasteiger partial charge in [0.2, 0.25) is 5.95 Å². The monoisotopic (exact) mass is 442 g/mol. The van der Waals surface area contributed by atoms with E-state index in [9.17, 15) is 5.11 Å². The van der Waals surface area contributed by atoms with Gasteiger partial charge in [-0.05, 0) is 56.5 Å². The molecule has 0 radical (unpaired) electrons. The number of halogens is 1. The molecule has 0 amide bonds. The number of nitrogens with one attached hydrogen (secondary N) is 1. The Hall–Kier alpha value is -2.26. The van der Waals surface area contributed by atoms with E-state index in [0.29, 0.717) is 25.1 Å². The molecule has 2 fully saturated rings. The van der Waals surface area contributed by atoms with Gasteiger partial charge in [0.25, 0.3) is 0 Å². The molecule has 0 unspecified atom stereocenters. The molecule has 2 aliphatic heterocycles. The van der Waals surface area contributed by atoms with E-state index in [2.05, 4.69) is 26.4 Å². The van der Waals surface area contributed by atoms with Crippen LogP contribution in [-0.4, -0.2) is 68.2 Å². The van der Waals surface area contributed by atoms with Gasteiger partial charge in [0.15, 0.2) is 0 Å². The largest absolute Gasteiger partial charge is 0.389 e. The van der Waals surface area contributed by atoms with Gasteiger partial charge in [-0.2, -0.15) is 5.10 Å². The Morgan fingerprint density at radius 2 is 2.00 bits per heavy atom. The van der Waals surface area contributed by atoms with Gasteiger partial charge in [-0.15, -0.1) is 0 Å². The quantitative estimate of drug-likeness (QED) is 0.642. The lowest BCUT2D eigenvalue weighted by Gasteiger charge is -2.36. The summed E-state index contributed by atoms with van der Waals surface area (Å²) in [7, 11) is 1.89. The highest BCUT2D eigenvalue weighted by atomic mass is 35.5. The number of aliphatic hydroxyl groups excluding tert-OH is 1. The Morgan fingerprint density at radius 3 is 2.68 bits per heavy atom. The molecule has 0 bridgehead atoms. The number of benzene rings is 1. The van der Waals surface area contributed by atoms with Crippen molar-refractivity contribution >= 4 is 34.3 Å². The number of fused-ring (bicyclic) bond motifs is 1. The number of aromatic nitrogens is 4. The Bertz CT molecular complexity index is 1100. The summed E-state index contributed by atoms with van der Waals surface area (Å²) in [5.74, 6) is 1.75. The molecule has 2 N–H and O–H groups in total. The molecule has 164 valence electrons. The van der Waals surface area contributed by atoms with Crippen LogP contribution in [0, 0.1) is 6.92 Å². The average molecular weight is 443 g/mol. The molecule has 4 heterocycles. The second kappa shape index (κ2) is 8.35. The molecule has 5 rings (SSSR count). The maximum absolute atomic E-state index is 10.1. The maximum Gasteiger partial charge on any atom is 0.228 e. The number of hydrogen-bond acceptors (Lipinski definition) is 7. The predicted octanol–water partition coefficient (Wildman–Crippen LogP) is 3.01. The van der Waals surface area contributed by atoms with Crippen molar-refractivity contribution in [2.24, 2.45) is 7.05 Å². The molecule has 3 aromatic rings. The number of hydrogen-bond donors (Lipinski definition) is 2. The minimum Gasteiger partial charge on any atom is -0.389 e. The molecule has 2 atom stereocenters. The fourth-order valence-electron chi connectivity index (χ4n) is 4.71. The van der Waals surface area contributed by atoms with E-state index in [0.717, 1.165) is 58.9 Å². The highest BCUT2D eigenvalue weighted by Crippen LogP contribution is 2.36. The number of piperidine rings is 1. The SMILES string of the molecule is Cc1cc(Nc2ncc3cc(Cl)c(C4CCN([C@H]5COC[C@H]5O)CC4)cc3n2)n(C)n1. The zero-order chi connectivity index (χ0) is 21.5. The van der Waals surface area contributed by atoms with Gasteiger partial charge >= 0.3 is 0 Å². The summed E-state index contributed by atoms with van der Waals surface area (Å²) >= 11 is 6.66. The summed E-state index contributed by atoms with van der Waals surface area (Å²) < 4.78 is 7.20.